The van der Waals surface area contributed by atoms with Crippen molar-refractivity contribution in [2.24, 2.45) is 5.73 Å². The molecule has 0 radical (unpaired) electrons. The van der Waals surface area contributed by atoms with Gasteiger partial charge in [-0.25, -0.2) is 4.79 Å². The summed E-state index contributed by atoms with van der Waals surface area (Å²) in [6, 6.07) is 13.4. The van der Waals surface area contributed by atoms with Crippen molar-refractivity contribution in [3.05, 3.63) is 60.4 Å². The normalized spacial score (nSPS) is 10.4. The first-order chi connectivity index (χ1) is 10.6. The first-order valence-electron chi connectivity index (χ1n) is 6.82. The van der Waals surface area contributed by atoms with Crippen molar-refractivity contribution in [1.82, 2.24) is 9.97 Å². The average Bonchev–Trinajstić information content (AvgIpc) is 2.91. The lowest BCUT2D eigenvalue weighted by Crippen LogP contribution is -2.16. The predicted octanol–water partition coefficient (Wildman–Crippen LogP) is 3.51. The van der Waals surface area contributed by atoms with E-state index in [9.17, 15) is 4.79 Å². The molecule has 0 aliphatic carbocycles. The van der Waals surface area contributed by atoms with Gasteiger partial charge in [-0.3, -0.25) is 4.98 Å². The van der Waals surface area contributed by atoms with Crippen LogP contribution in [0.4, 0.5) is 4.79 Å². The lowest BCUT2D eigenvalue weighted by molar-refractivity contribution is 0.211. The predicted molar refractivity (Wildman–Crippen MR) is 84.4 cm³/mol. The number of primary amides is 1. The van der Waals surface area contributed by atoms with Gasteiger partial charge in [0.15, 0.2) is 5.75 Å². The van der Waals surface area contributed by atoms with Crippen molar-refractivity contribution in [2.45, 2.75) is 6.92 Å². The Kier molecular flexibility index (Phi) is 3.62. The lowest BCUT2D eigenvalue weighted by Gasteiger charge is -2.06. The molecule has 3 rings (SSSR count). The molecule has 2 heterocycles. The zero-order chi connectivity index (χ0) is 15.5. The van der Waals surface area contributed by atoms with Gasteiger partial charge >= 0.3 is 6.09 Å². The summed E-state index contributed by atoms with van der Waals surface area (Å²) >= 11 is 0. The van der Waals surface area contributed by atoms with Gasteiger partial charge in [0, 0.05) is 35.3 Å². The molecule has 0 saturated carbocycles. The molecule has 5 nitrogen and oxygen atoms in total. The Morgan fingerprint density at radius 2 is 1.91 bits per heavy atom. The van der Waals surface area contributed by atoms with Gasteiger partial charge in [-0.15, -0.1) is 0 Å². The zero-order valence-electron chi connectivity index (χ0n) is 12.0. The minimum atomic E-state index is -0.838. The lowest BCUT2D eigenvalue weighted by atomic mass is 10.1. The Balaban J connectivity index is 2.14. The maximum absolute atomic E-state index is 11.2. The molecule has 0 fully saturated rings. The fourth-order valence-corrected chi connectivity index (χ4v) is 2.36. The van der Waals surface area contributed by atoms with Crippen molar-refractivity contribution in [3.8, 4) is 28.3 Å². The van der Waals surface area contributed by atoms with Crippen LogP contribution in [0.2, 0.25) is 0 Å². The van der Waals surface area contributed by atoms with Crippen molar-refractivity contribution in [2.75, 3.05) is 0 Å². The number of carbonyl (C=O) groups excluding carboxylic acids is 1. The number of amides is 1. The Morgan fingerprint density at radius 1 is 1.18 bits per heavy atom. The molecule has 3 aromatic rings. The number of aromatic amines is 1. The molecule has 0 saturated heterocycles. The highest BCUT2D eigenvalue weighted by Crippen LogP contribution is 2.35. The monoisotopic (exact) mass is 293 g/mol. The molecule has 1 aromatic carbocycles. The Bertz CT molecular complexity index is 810. The molecule has 0 atom stereocenters. The smallest absolute Gasteiger partial charge is 0.408 e. The van der Waals surface area contributed by atoms with Crippen molar-refractivity contribution in [1.29, 1.82) is 0 Å². The molecule has 0 aliphatic heterocycles. The Hall–Kier alpha value is -3.08. The maximum atomic E-state index is 11.2. The van der Waals surface area contributed by atoms with Gasteiger partial charge in [-0.2, -0.15) is 0 Å². The first-order valence-corrected chi connectivity index (χ1v) is 6.82. The Labute approximate surface area is 127 Å². The average molecular weight is 293 g/mol. The fourth-order valence-electron chi connectivity index (χ4n) is 2.36. The van der Waals surface area contributed by atoms with Crippen LogP contribution in [0.15, 0.2) is 54.9 Å². The molecule has 3 N–H and O–H groups in total. The van der Waals surface area contributed by atoms with Crippen molar-refractivity contribution < 1.29 is 9.53 Å². The molecular weight excluding hydrogens is 278 g/mol. The number of benzene rings is 1. The van der Waals surface area contributed by atoms with Gasteiger partial charge in [0.05, 0.1) is 5.69 Å². The second kappa shape index (κ2) is 5.73. The van der Waals surface area contributed by atoms with E-state index in [-0.39, 0.29) is 0 Å². The number of aryl methyl sites for hydroxylation is 1. The SMILES string of the molecule is Cc1ccccc1-c1[nH]c(-c2ccncc2)cc1OC(N)=O. The highest BCUT2D eigenvalue weighted by atomic mass is 16.5. The molecule has 5 heteroatoms. The van der Waals surface area contributed by atoms with Gasteiger partial charge in [-0.1, -0.05) is 24.3 Å². The van der Waals surface area contributed by atoms with Crippen LogP contribution in [0.1, 0.15) is 5.56 Å². The summed E-state index contributed by atoms with van der Waals surface area (Å²) in [4.78, 5) is 18.5. The quantitative estimate of drug-likeness (QED) is 0.775. The number of nitrogens with one attached hydrogen (secondary N) is 1. The van der Waals surface area contributed by atoms with Crippen LogP contribution in [-0.2, 0) is 0 Å². The minimum Gasteiger partial charge on any atom is -0.408 e. The molecule has 0 unspecified atom stereocenters. The topological polar surface area (TPSA) is 81.0 Å². The first kappa shape index (κ1) is 13.9. The highest BCUT2D eigenvalue weighted by molar-refractivity contribution is 5.79. The Morgan fingerprint density at radius 3 is 2.59 bits per heavy atom. The van der Waals surface area contributed by atoms with Crippen LogP contribution in [-0.4, -0.2) is 16.1 Å². The van der Waals surface area contributed by atoms with E-state index >= 15 is 0 Å². The number of nitrogens with zero attached hydrogens (tertiary/aromatic N) is 1. The largest absolute Gasteiger partial charge is 0.410 e. The van der Waals surface area contributed by atoms with Gasteiger partial charge < -0.3 is 15.5 Å². The van der Waals surface area contributed by atoms with Crippen LogP contribution in [0.25, 0.3) is 22.5 Å². The maximum Gasteiger partial charge on any atom is 0.410 e. The zero-order valence-corrected chi connectivity index (χ0v) is 12.0. The third kappa shape index (κ3) is 2.69. The molecule has 0 bridgehead atoms. The van der Waals surface area contributed by atoms with Crippen LogP contribution >= 0.6 is 0 Å². The summed E-state index contributed by atoms with van der Waals surface area (Å²) in [5.41, 5.74) is 9.70. The highest BCUT2D eigenvalue weighted by Gasteiger charge is 2.16. The van der Waals surface area contributed by atoms with Gasteiger partial charge in [0.1, 0.15) is 0 Å². The molecular formula is C17H15N3O2. The summed E-state index contributed by atoms with van der Waals surface area (Å²) in [6.45, 7) is 2.00. The molecule has 1 amide bonds. The molecule has 2 aromatic heterocycles. The molecule has 110 valence electrons. The van der Waals surface area contributed by atoms with E-state index in [1.54, 1.807) is 18.5 Å². The third-order valence-corrected chi connectivity index (χ3v) is 3.40. The molecule has 0 spiro atoms. The van der Waals surface area contributed by atoms with Gasteiger partial charge in [-0.05, 0) is 24.6 Å². The minimum absolute atomic E-state index is 0.411. The van der Waals surface area contributed by atoms with E-state index in [0.29, 0.717) is 5.75 Å². The standard InChI is InChI=1S/C17H15N3O2/c1-11-4-2-3-5-13(11)16-15(22-17(18)21)10-14(20-16)12-6-8-19-9-7-12/h2-10,20H,1H3,(H2,18,21). The summed E-state index contributed by atoms with van der Waals surface area (Å²) in [5, 5.41) is 0. The number of hydrogen-bond acceptors (Lipinski definition) is 3. The van der Waals surface area contributed by atoms with E-state index in [4.69, 9.17) is 10.5 Å². The number of H-pyrrole nitrogens is 1. The van der Waals surface area contributed by atoms with Crippen LogP contribution in [0.3, 0.4) is 0 Å². The van der Waals surface area contributed by atoms with E-state index < -0.39 is 6.09 Å². The summed E-state index contributed by atoms with van der Waals surface area (Å²) in [5.74, 6) is 0.411. The van der Waals surface area contributed by atoms with Crippen LogP contribution in [0.5, 0.6) is 5.75 Å². The van der Waals surface area contributed by atoms with E-state index in [0.717, 1.165) is 28.1 Å². The molecule has 22 heavy (non-hydrogen) atoms. The van der Waals surface area contributed by atoms with E-state index in [2.05, 4.69) is 9.97 Å². The van der Waals surface area contributed by atoms with Crippen LogP contribution in [0, 0.1) is 6.92 Å². The summed E-state index contributed by atoms with van der Waals surface area (Å²) in [6.07, 6.45) is 2.58. The van der Waals surface area contributed by atoms with Crippen molar-refractivity contribution >= 4 is 6.09 Å². The summed E-state index contributed by atoms with van der Waals surface area (Å²) < 4.78 is 5.15. The number of hydrogen-bond donors (Lipinski definition) is 2. The number of nitrogens with two attached hydrogens (primary N) is 1. The van der Waals surface area contributed by atoms with E-state index in [1.165, 1.54) is 0 Å². The number of pyridine rings is 1. The van der Waals surface area contributed by atoms with E-state index in [1.807, 2.05) is 43.3 Å². The number of ether oxygens (including phenoxy) is 1. The summed E-state index contributed by atoms with van der Waals surface area (Å²) in [7, 11) is 0. The third-order valence-electron chi connectivity index (χ3n) is 3.40. The second-order valence-corrected chi connectivity index (χ2v) is 4.89. The molecule has 0 aliphatic rings. The van der Waals surface area contributed by atoms with Crippen LogP contribution < -0.4 is 10.5 Å². The number of carbonyl (C=O) groups is 1. The fraction of sp³-hybridized carbons (Fsp3) is 0.0588. The number of aromatic nitrogens is 2. The second-order valence-electron chi connectivity index (χ2n) is 4.89. The van der Waals surface area contributed by atoms with Gasteiger partial charge in [0.2, 0.25) is 0 Å². The van der Waals surface area contributed by atoms with Gasteiger partial charge in [0.25, 0.3) is 0 Å². The van der Waals surface area contributed by atoms with Crippen molar-refractivity contribution in [3.63, 3.8) is 0 Å². The number of rotatable bonds is 3.